The molecule has 1 aromatic carbocycles. The summed E-state index contributed by atoms with van der Waals surface area (Å²) >= 11 is 0. The van der Waals surface area contributed by atoms with Crippen LogP contribution in [0.15, 0.2) is 18.2 Å². The predicted molar refractivity (Wildman–Crippen MR) is 86.2 cm³/mol. The number of hydrogen-bond acceptors (Lipinski definition) is 3. The molecule has 0 amide bonds. The third-order valence-corrected chi connectivity index (χ3v) is 6.03. The van der Waals surface area contributed by atoms with Crippen molar-refractivity contribution in [1.29, 1.82) is 0 Å². The average molecular weight is 292 g/mol. The molecule has 1 aliphatic rings. The summed E-state index contributed by atoms with van der Waals surface area (Å²) in [7, 11) is -2.70. The highest BCUT2D eigenvalue weighted by Gasteiger charge is 2.51. The molecule has 20 heavy (non-hydrogen) atoms. The van der Waals surface area contributed by atoms with E-state index in [1.54, 1.807) is 0 Å². The van der Waals surface area contributed by atoms with Gasteiger partial charge in [-0.25, -0.2) is 0 Å². The van der Waals surface area contributed by atoms with Crippen LogP contribution >= 0.6 is 0 Å². The predicted octanol–water partition coefficient (Wildman–Crippen LogP) is 1.70. The van der Waals surface area contributed by atoms with Gasteiger partial charge < -0.3 is 14.1 Å². The highest BCUT2D eigenvalue weighted by atomic mass is 28.4. The molecule has 1 aliphatic heterocycles. The minimum atomic E-state index is -2.33. The van der Waals surface area contributed by atoms with Crippen LogP contribution in [0.1, 0.15) is 33.3 Å². The Kier molecular flexibility index (Phi) is 3.70. The maximum atomic E-state index is 10.3. The second kappa shape index (κ2) is 4.70. The quantitative estimate of drug-likeness (QED) is 0.843. The van der Waals surface area contributed by atoms with E-state index >= 15 is 0 Å². The molecule has 1 saturated heterocycles. The second-order valence-electron chi connectivity index (χ2n) is 7.28. The maximum Gasteiger partial charge on any atom is 0.494 e. The highest BCUT2D eigenvalue weighted by Crippen LogP contribution is 2.36. The second-order valence-corrected chi connectivity index (χ2v) is 11.0. The van der Waals surface area contributed by atoms with Gasteiger partial charge in [-0.3, -0.25) is 0 Å². The Balaban J connectivity index is 2.38. The molecule has 0 unspecified atom stereocenters. The van der Waals surface area contributed by atoms with Crippen molar-refractivity contribution < 1.29 is 14.1 Å². The zero-order chi connectivity index (χ0) is 15.3. The van der Waals surface area contributed by atoms with Crippen molar-refractivity contribution in [2.75, 3.05) is 0 Å². The summed E-state index contributed by atoms with van der Waals surface area (Å²) in [4.78, 5) is 10.3. The minimum Gasteiger partial charge on any atom is -0.428 e. The van der Waals surface area contributed by atoms with Gasteiger partial charge in [0.05, 0.1) is 11.2 Å². The molecule has 0 saturated carbocycles. The first-order chi connectivity index (χ1) is 8.92. The smallest absolute Gasteiger partial charge is 0.428 e. The number of benzene rings is 1. The molecule has 1 fully saturated rings. The molecule has 0 spiro atoms. The van der Waals surface area contributed by atoms with Crippen LogP contribution in [0.25, 0.3) is 0 Å². The summed E-state index contributed by atoms with van der Waals surface area (Å²) in [5.41, 5.74) is 1.44. The molecule has 2 rings (SSSR count). The molecule has 1 aromatic rings. The lowest BCUT2D eigenvalue weighted by Crippen LogP contribution is -2.45. The van der Waals surface area contributed by atoms with Crippen LogP contribution in [0.5, 0.6) is 0 Å². The zero-order valence-corrected chi connectivity index (χ0v) is 14.6. The normalized spacial score (nSPS) is 21.3. The van der Waals surface area contributed by atoms with Crippen molar-refractivity contribution >= 4 is 26.1 Å². The SMILES string of the molecule is Cc1cc(B2OC(C)(C)C(C)(C)O2)cc([Si](C)(C)O)c1. The standard InChI is InChI=1S/C15H25BO3Si/c1-11-8-12(10-13(9-11)20(6,7)17)16-18-14(2,3)15(4,5)19-16/h8-10,17H,1-7H3. The van der Waals surface area contributed by atoms with Gasteiger partial charge in [-0.05, 0) is 58.4 Å². The molecule has 0 aromatic heterocycles. The third-order valence-electron chi connectivity index (χ3n) is 4.33. The summed E-state index contributed by atoms with van der Waals surface area (Å²) in [5, 5.41) is 1.02. The van der Waals surface area contributed by atoms with Gasteiger partial charge in [0.25, 0.3) is 0 Å². The van der Waals surface area contributed by atoms with Crippen LogP contribution in [0, 0.1) is 6.92 Å². The molecule has 0 bridgehead atoms. The first-order valence-corrected chi connectivity index (χ1v) is 10.1. The van der Waals surface area contributed by atoms with Gasteiger partial charge in [-0.2, -0.15) is 0 Å². The summed E-state index contributed by atoms with van der Waals surface area (Å²) in [6.45, 7) is 14.1. The lowest BCUT2D eigenvalue weighted by molar-refractivity contribution is 0.00578. The molecule has 3 nitrogen and oxygen atoms in total. The fourth-order valence-corrected chi connectivity index (χ4v) is 3.38. The van der Waals surface area contributed by atoms with Gasteiger partial charge in [0.15, 0.2) is 0 Å². The Morgan fingerprint density at radius 1 is 1.00 bits per heavy atom. The van der Waals surface area contributed by atoms with Crippen LogP contribution in [-0.4, -0.2) is 31.4 Å². The Morgan fingerprint density at radius 2 is 1.50 bits per heavy atom. The van der Waals surface area contributed by atoms with Gasteiger partial charge in [0.2, 0.25) is 8.32 Å². The zero-order valence-electron chi connectivity index (χ0n) is 13.6. The summed E-state index contributed by atoms with van der Waals surface area (Å²) in [6.07, 6.45) is 0. The van der Waals surface area contributed by atoms with Crippen molar-refractivity contribution in [3.63, 3.8) is 0 Å². The van der Waals surface area contributed by atoms with Crippen LogP contribution in [0.4, 0.5) is 0 Å². The van der Waals surface area contributed by atoms with Crippen LogP contribution in [0.2, 0.25) is 13.1 Å². The maximum absolute atomic E-state index is 10.3. The largest absolute Gasteiger partial charge is 0.494 e. The van der Waals surface area contributed by atoms with Crippen molar-refractivity contribution in [2.45, 2.75) is 58.9 Å². The third kappa shape index (κ3) is 2.86. The molecule has 1 heterocycles. The molecule has 5 heteroatoms. The molecular weight excluding hydrogens is 267 g/mol. The summed E-state index contributed by atoms with van der Waals surface area (Å²) in [5.74, 6) is 0. The Bertz CT molecular complexity index is 504. The van der Waals surface area contributed by atoms with Gasteiger partial charge in [0.1, 0.15) is 0 Å². The molecule has 0 radical (unpaired) electrons. The first kappa shape index (κ1) is 15.8. The van der Waals surface area contributed by atoms with E-state index in [1.165, 1.54) is 0 Å². The Labute approximate surface area is 123 Å². The number of rotatable bonds is 2. The number of aryl methyl sites for hydroxylation is 1. The minimum absolute atomic E-state index is 0.340. The fourth-order valence-electron chi connectivity index (χ4n) is 2.28. The van der Waals surface area contributed by atoms with E-state index in [1.807, 2.05) is 26.1 Å². The van der Waals surface area contributed by atoms with E-state index in [-0.39, 0.29) is 18.3 Å². The van der Waals surface area contributed by atoms with Gasteiger partial charge in [0, 0.05) is 0 Å². The van der Waals surface area contributed by atoms with Crippen LogP contribution in [0.3, 0.4) is 0 Å². The summed E-state index contributed by atoms with van der Waals surface area (Å²) < 4.78 is 12.2. The van der Waals surface area contributed by atoms with E-state index in [4.69, 9.17) is 9.31 Å². The summed E-state index contributed by atoms with van der Waals surface area (Å²) in [6, 6.07) is 6.16. The van der Waals surface area contributed by atoms with Crippen molar-refractivity contribution in [3.8, 4) is 0 Å². The van der Waals surface area contributed by atoms with E-state index in [0.29, 0.717) is 0 Å². The molecule has 110 valence electrons. The lowest BCUT2D eigenvalue weighted by atomic mass is 9.78. The van der Waals surface area contributed by atoms with E-state index < -0.39 is 8.32 Å². The highest BCUT2D eigenvalue weighted by molar-refractivity contribution is 6.83. The van der Waals surface area contributed by atoms with E-state index in [0.717, 1.165) is 16.2 Å². The van der Waals surface area contributed by atoms with E-state index in [2.05, 4.69) is 39.8 Å². The number of hydrogen-bond donors (Lipinski definition) is 1. The molecule has 1 N–H and O–H groups in total. The monoisotopic (exact) mass is 292 g/mol. The van der Waals surface area contributed by atoms with Crippen LogP contribution < -0.4 is 10.6 Å². The Morgan fingerprint density at radius 3 is 1.95 bits per heavy atom. The molecule has 0 aliphatic carbocycles. The first-order valence-electron chi connectivity index (χ1n) is 7.12. The average Bonchev–Trinajstić information content (AvgIpc) is 2.46. The van der Waals surface area contributed by atoms with Gasteiger partial charge in [-0.15, -0.1) is 0 Å². The van der Waals surface area contributed by atoms with Crippen molar-refractivity contribution in [1.82, 2.24) is 0 Å². The Hall–Kier alpha value is -0.618. The molecule has 0 atom stereocenters. The lowest BCUT2D eigenvalue weighted by Gasteiger charge is -2.32. The van der Waals surface area contributed by atoms with Crippen molar-refractivity contribution in [2.24, 2.45) is 0 Å². The van der Waals surface area contributed by atoms with E-state index in [9.17, 15) is 4.80 Å². The fraction of sp³-hybridized carbons (Fsp3) is 0.600. The van der Waals surface area contributed by atoms with Crippen molar-refractivity contribution in [3.05, 3.63) is 23.8 Å². The van der Waals surface area contributed by atoms with Crippen LogP contribution in [-0.2, 0) is 9.31 Å². The molecular formula is C15H25BO3Si. The topological polar surface area (TPSA) is 38.7 Å². The van der Waals surface area contributed by atoms with Gasteiger partial charge in [-0.1, -0.05) is 23.8 Å². The van der Waals surface area contributed by atoms with Gasteiger partial charge >= 0.3 is 7.12 Å².